The third-order valence-electron chi connectivity index (χ3n) is 2.05. The molecule has 0 nitrogen and oxygen atoms in total. The molecular formula is C9H17LiS. The van der Waals surface area contributed by atoms with Crippen LogP contribution in [0.25, 0.3) is 0 Å². The van der Waals surface area contributed by atoms with Gasteiger partial charge in [0.15, 0.2) is 0 Å². The topological polar surface area (TPSA) is 0 Å². The van der Waals surface area contributed by atoms with Gasteiger partial charge >= 0.3 is 18.9 Å². The molecule has 0 aromatic rings. The average molecular weight is 164 g/mol. The minimum absolute atomic E-state index is 0. The van der Waals surface area contributed by atoms with E-state index in [4.69, 9.17) is 0 Å². The van der Waals surface area contributed by atoms with Crippen molar-refractivity contribution in [3.05, 3.63) is 6.92 Å². The molecule has 1 fully saturated rings. The molecule has 0 atom stereocenters. The summed E-state index contributed by atoms with van der Waals surface area (Å²) in [6.45, 7) is 3.84. The van der Waals surface area contributed by atoms with Crippen molar-refractivity contribution in [2.24, 2.45) is 0 Å². The van der Waals surface area contributed by atoms with Gasteiger partial charge in [-0.3, -0.25) is 0 Å². The molecule has 60 valence electrons. The van der Waals surface area contributed by atoms with Gasteiger partial charge in [-0.25, -0.2) is 0 Å². The number of thioether (sulfide) groups is 1. The van der Waals surface area contributed by atoms with Gasteiger partial charge in [-0.05, 0) is 18.6 Å². The van der Waals surface area contributed by atoms with Gasteiger partial charge in [0.25, 0.3) is 0 Å². The summed E-state index contributed by atoms with van der Waals surface area (Å²) < 4.78 is 0. The fraction of sp³-hybridized carbons (Fsp3) is 0.889. The van der Waals surface area contributed by atoms with Crippen LogP contribution in [0, 0.1) is 6.92 Å². The zero-order valence-corrected chi connectivity index (χ0v) is 8.46. The van der Waals surface area contributed by atoms with Crippen LogP contribution in [0.1, 0.15) is 38.5 Å². The van der Waals surface area contributed by atoms with Gasteiger partial charge < -0.3 is 6.92 Å². The summed E-state index contributed by atoms with van der Waals surface area (Å²) in [7, 11) is 0. The molecule has 0 radical (unpaired) electrons. The maximum atomic E-state index is 3.84. The molecular weight excluding hydrogens is 147 g/mol. The Bertz CT molecular complexity index is 79.6. The molecule has 1 saturated carbocycles. The zero-order valence-electron chi connectivity index (χ0n) is 7.64. The maximum Gasteiger partial charge on any atom is 1.00 e. The second-order valence-electron chi connectivity index (χ2n) is 2.98. The number of hydrogen-bond acceptors (Lipinski definition) is 1. The summed E-state index contributed by atoms with van der Waals surface area (Å²) in [5.41, 5.74) is 0. The Balaban J connectivity index is 0.000001000. The quantitative estimate of drug-likeness (QED) is 0.327. The summed E-state index contributed by atoms with van der Waals surface area (Å²) in [5, 5.41) is 1.01. The Morgan fingerprint density at radius 3 is 2.45 bits per heavy atom. The fourth-order valence-corrected chi connectivity index (χ4v) is 2.78. The van der Waals surface area contributed by atoms with Gasteiger partial charge in [0.05, 0.1) is 0 Å². The SMILES string of the molecule is [CH2-]CCCSC1CCCC1.[Li+]. The van der Waals surface area contributed by atoms with Gasteiger partial charge in [0.1, 0.15) is 0 Å². The molecule has 0 aliphatic heterocycles. The van der Waals surface area contributed by atoms with E-state index in [9.17, 15) is 0 Å². The minimum Gasteiger partial charge on any atom is -0.343 e. The van der Waals surface area contributed by atoms with Crippen LogP contribution in [-0.2, 0) is 0 Å². The van der Waals surface area contributed by atoms with Crippen molar-refractivity contribution in [2.45, 2.75) is 43.8 Å². The third kappa shape index (κ3) is 5.23. The van der Waals surface area contributed by atoms with E-state index in [-0.39, 0.29) is 18.9 Å². The molecule has 0 saturated heterocycles. The van der Waals surface area contributed by atoms with Gasteiger partial charge in [-0.2, -0.15) is 18.2 Å². The van der Waals surface area contributed by atoms with Crippen molar-refractivity contribution < 1.29 is 18.9 Å². The molecule has 0 aromatic carbocycles. The molecule has 11 heavy (non-hydrogen) atoms. The molecule has 1 rings (SSSR count). The number of hydrogen-bond donors (Lipinski definition) is 0. The van der Waals surface area contributed by atoms with Crippen LogP contribution >= 0.6 is 11.8 Å². The Kier molecular flexibility index (Phi) is 8.24. The molecule has 0 aromatic heterocycles. The smallest absolute Gasteiger partial charge is 0.343 e. The summed E-state index contributed by atoms with van der Waals surface area (Å²) in [5.74, 6) is 1.34. The van der Waals surface area contributed by atoms with Gasteiger partial charge in [-0.1, -0.05) is 19.3 Å². The molecule has 2 heteroatoms. The molecule has 0 unspecified atom stereocenters. The summed E-state index contributed by atoms with van der Waals surface area (Å²) in [6, 6.07) is 0. The third-order valence-corrected chi connectivity index (χ3v) is 3.52. The zero-order chi connectivity index (χ0) is 7.23. The summed E-state index contributed by atoms with van der Waals surface area (Å²) in [6.07, 6.45) is 8.31. The van der Waals surface area contributed by atoms with Crippen molar-refractivity contribution in [3.8, 4) is 0 Å². The van der Waals surface area contributed by atoms with Gasteiger partial charge in [0.2, 0.25) is 0 Å². The molecule has 0 N–H and O–H groups in total. The summed E-state index contributed by atoms with van der Waals surface area (Å²) in [4.78, 5) is 0. The van der Waals surface area contributed by atoms with Crippen LogP contribution in [0.5, 0.6) is 0 Å². The standard InChI is InChI=1S/C9H17S.Li/c1-2-3-8-10-9-6-4-5-7-9;/h9H,1-8H2;/q-1;+1. The van der Waals surface area contributed by atoms with Crippen molar-refractivity contribution in [1.29, 1.82) is 0 Å². The fourth-order valence-electron chi connectivity index (χ4n) is 1.41. The van der Waals surface area contributed by atoms with E-state index in [2.05, 4.69) is 18.7 Å². The minimum atomic E-state index is 0. The predicted octanol–water partition coefficient (Wildman–Crippen LogP) is 0.280. The van der Waals surface area contributed by atoms with Crippen LogP contribution in [-0.4, -0.2) is 11.0 Å². The average Bonchev–Trinajstić information content (AvgIpc) is 2.41. The maximum absolute atomic E-state index is 3.84. The second kappa shape index (κ2) is 7.59. The monoisotopic (exact) mass is 164 g/mol. The van der Waals surface area contributed by atoms with Crippen LogP contribution in [0.4, 0.5) is 0 Å². The van der Waals surface area contributed by atoms with Crippen LogP contribution in [0.2, 0.25) is 0 Å². The molecule has 0 bridgehead atoms. The Morgan fingerprint density at radius 2 is 1.91 bits per heavy atom. The van der Waals surface area contributed by atoms with Gasteiger partial charge in [0, 0.05) is 5.25 Å². The largest absolute Gasteiger partial charge is 1.00 e. The number of unbranched alkanes of at least 4 members (excludes halogenated alkanes) is 1. The van der Waals surface area contributed by atoms with Crippen molar-refractivity contribution in [1.82, 2.24) is 0 Å². The van der Waals surface area contributed by atoms with Crippen molar-refractivity contribution >= 4 is 11.8 Å². The second-order valence-corrected chi connectivity index (χ2v) is 4.39. The van der Waals surface area contributed by atoms with E-state index >= 15 is 0 Å². The van der Waals surface area contributed by atoms with E-state index in [0.29, 0.717) is 0 Å². The van der Waals surface area contributed by atoms with Crippen molar-refractivity contribution in [3.63, 3.8) is 0 Å². The molecule has 1 aliphatic carbocycles. The molecule has 0 spiro atoms. The van der Waals surface area contributed by atoms with E-state index < -0.39 is 0 Å². The van der Waals surface area contributed by atoms with E-state index in [1.54, 1.807) is 0 Å². The first kappa shape index (κ1) is 11.9. The van der Waals surface area contributed by atoms with Crippen LogP contribution in [0.15, 0.2) is 0 Å². The van der Waals surface area contributed by atoms with Crippen LogP contribution in [0.3, 0.4) is 0 Å². The Labute approximate surface area is 87.1 Å². The van der Waals surface area contributed by atoms with E-state index in [0.717, 1.165) is 11.7 Å². The van der Waals surface area contributed by atoms with E-state index in [1.807, 2.05) is 0 Å². The Morgan fingerprint density at radius 1 is 1.27 bits per heavy atom. The van der Waals surface area contributed by atoms with Crippen LogP contribution < -0.4 is 18.9 Å². The first-order valence-electron chi connectivity index (χ1n) is 4.34. The molecule has 0 amide bonds. The van der Waals surface area contributed by atoms with Crippen molar-refractivity contribution in [2.75, 3.05) is 5.75 Å². The Hall–Kier alpha value is 0.947. The predicted molar refractivity (Wildman–Crippen MR) is 49.3 cm³/mol. The molecule has 0 heterocycles. The normalized spacial score (nSPS) is 18.3. The summed E-state index contributed by atoms with van der Waals surface area (Å²) >= 11 is 2.17. The number of rotatable bonds is 4. The van der Waals surface area contributed by atoms with E-state index in [1.165, 1.54) is 37.9 Å². The molecule has 1 aliphatic rings. The van der Waals surface area contributed by atoms with Gasteiger partial charge in [-0.15, -0.1) is 0 Å². The first-order chi connectivity index (χ1) is 4.93. The first-order valence-corrected chi connectivity index (χ1v) is 5.39.